The summed E-state index contributed by atoms with van der Waals surface area (Å²) in [7, 11) is 4.02. The second-order valence-electron chi connectivity index (χ2n) is 4.05. The molecule has 1 atom stereocenters. The lowest BCUT2D eigenvalue weighted by molar-refractivity contribution is 0.395. The standard InChI is InChI=1S/C12H18N4/c1-10-4-5-11(9-15-10)12(8-13)14-6-7-16(2)3/h4-5,9,12,14H,6-7H2,1-3H3. The van der Waals surface area contributed by atoms with Gasteiger partial charge in [0.2, 0.25) is 0 Å². The van der Waals surface area contributed by atoms with Crippen LogP contribution in [0.4, 0.5) is 0 Å². The Morgan fingerprint density at radius 3 is 2.75 bits per heavy atom. The van der Waals surface area contributed by atoms with Gasteiger partial charge in [0.25, 0.3) is 0 Å². The molecule has 0 aliphatic rings. The highest BCUT2D eigenvalue weighted by Crippen LogP contribution is 2.10. The summed E-state index contributed by atoms with van der Waals surface area (Å²) in [4.78, 5) is 6.27. The van der Waals surface area contributed by atoms with Crippen LogP contribution in [-0.4, -0.2) is 37.1 Å². The third-order valence-electron chi connectivity index (χ3n) is 2.30. The molecule has 1 rings (SSSR count). The average Bonchev–Trinajstić information content (AvgIpc) is 2.26. The van der Waals surface area contributed by atoms with Crippen molar-refractivity contribution >= 4 is 0 Å². The van der Waals surface area contributed by atoms with Gasteiger partial charge in [-0.15, -0.1) is 0 Å². The summed E-state index contributed by atoms with van der Waals surface area (Å²) in [5.74, 6) is 0. The molecule has 1 unspecified atom stereocenters. The lowest BCUT2D eigenvalue weighted by Crippen LogP contribution is -2.29. The van der Waals surface area contributed by atoms with Crippen molar-refractivity contribution in [3.63, 3.8) is 0 Å². The van der Waals surface area contributed by atoms with Crippen LogP contribution in [0.1, 0.15) is 17.3 Å². The van der Waals surface area contributed by atoms with Gasteiger partial charge in [-0.1, -0.05) is 6.07 Å². The van der Waals surface area contributed by atoms with Crippen molar-refractivity contribution in [2.75, 3.05) is 27.2 Å². The van der Waals surface area contributed by atoms with Crippen LogP contribution in [0.5, 0.6) is 0 Å². The normalized spacial score (nSPS) is 12.4. The predicted molar refractivity (Wildman–Crippen MR) is 63.9 cm³/mol. The molecule has 1 aromatic rings. The minimum absolute atomic E-state index is 0.270. The fourth-order valence-electron chi connectivity index (χ4n) is 1.32. The average molecular weight is 218 g/mol. The van der Waals surface area contributed by atoms with Gasteiger partial charge >= 0.3 is 0 Å². The molecule has 4 nitrogen and oxygen atoms in total. The van der Waals surface area contributed by atoms with Crippen molar-refractivity contribution in [2.24, 2.45) is 0 Å². The monoisotopic (exact) mass is 218 g/mol. The minimum Gasteiger partial charge on any atom is -0.308 e. The van der Waals surface area contributed by atoms with Crippen LogP contribution in [-0.2, 0) is 0 Å². The van der Waals surface area contributed by atoms with E-state index in [9.17, 15) is 0 Å². The number of nitrogens with one attached hydrogen (secondary N) is 1. The summed E-state index contributed by atoms with van der Waals surface area (Å²) in [6, 6.07) is 5.84. The highest BCUT2D eigenvalue weighted by atomic mass is 15.1. The van der Waals surface area contributed by atoms with E-state index in [2.05, 4.69) is 21.3 Å². The summed E-state index contributed by atoms with van der Waals surface area (Å²) in [5.41, 5.74) is 1.89. The van der Waals surface area contributed by atoms with Crippen LogP contribution in [0.2, 0.25) is 0 Å². The SMILES string of the molecule is Cc1ccc(C(C#N)NCCN(C)C)cn1. The van der Waals surface area contributed by atoms with Gasteiger partial charge in [-0.05, 0) is 27.1 Å². The molecule has 0 saturated carbocycles. The van der Waals surface area contributed by atoms with E-state index in [4.69, 9.17) is 5.26 Å². The van der Waals surface area contributed by atoms with Crippen LogP contribution >= 0.6 is 0 Å². The molecule has 1 aromatic heterocycles. The third-order valence-corrected chi connectivity index (χ3v) is 2.30. The van der Waals surface area contributed by atoms with E-state index in [0.717, 1.165) is 24.3 Å². The first kappa shape index (κ1) is 12.6. The van der Waals surface area contributed by atoms with Gasteiger partial charge in [0.1, 0.15) is 6.04 Å². The Balaban J connectivity index is 2.55. The molecule has 0 spiro atoms. The Morgan fingerprint density at radius 1 is 1.50 bits per heavy atom. The number of nitrogens with zero attached hydrogens (tertiary/aromatic N) is 3. The van der Waals surface area contributed by atoms with Crippen molar-refractivity contribution in [2.45, 2.75) is 13.0 Å². The van der Waals surface area contributed by atoms with Gasteiger partial charge < -0.3 is 4.90 Å². The van der Waals surface area contributed by atoms with Crippen LogP contribution < -0.4 is 5.32 Å². The largest absolute Gasteiger partial charge is 0.308 e. The van der Waals surface area contributed by atoms with Gasteiger partial charge in [0.15, 0.2) is 0 Å². The maximum absolute atomic E-state index is 9.06. The maximum Gasteiger partial charge on any atom is 0.122 e. The number of likely N-dealkylation sites (N-methyl/N-ethyl adjacent to an activating group) is 1. The van der Waals surface area contributed by atoms with E-state index in [0.29, 0.717) is 0 Å². The Bertz CT molecular complexity index is 350. The number of nitriles is 1. The molecule has 0 radical (unpaired) electrons. The van der Waals surface area contributed by atoms with E-state index in [-0.39, 0.29) is 6.04 Å². The topological polar surface area (TPSA) is 52.0 Å². The molecule has 0 amide bonds. The first-order chi connectivity index (χ1) is 7.63. The number of aromatic nitrogens is 1. The molecule has 0 aliphatic carbocycles. The molecule has 86 valence electrons. The molecule has 1 heterocycles. The number of hydrogen-bond donors (Lipinski definition) is 1. The number of rotatable bonds is 5. The van der Waals surface area contributed by atoms with Gasteiger partial charge in [-0.3, -0.25) is 10.3 Å². The molecule has 0 fully saturated rings. The molecule has 0 aliphatic heterocycles. The van der Waals surface area contributed by atoms with Crippen LogP contribution in [0.15, 0.2) is 18.3 Å². The van der Waals surface area contributed by atoms with E-state index in [1.54, 1.807) is 6.20 Å². The van der Waals surface area contributed by atoms with Crippen molar-refractivity contribution in [1.82, 2.24) is 15.2 Å². The van der Waals surface area contributed by atoms with Crippen molar-refractivity contribution < 1.29 is 0 Å². The van der Waals surface area contributed by atoms with E-state index >= 15 is 0 Å². The smallest absolute Gasteiger partial charge is 0.122 e. The quantitative estimate of drug-likeness (QED) is 0.804. The lowest BCUT2D eigenvalue weighted by Gasteiger charge is -2.14. The molecular formula is C12H18N4. The molecular weight excluding hydrogens is 200 g/mol. The van der Waals surface area contributed by atoms with Gasteiger partial charge in [-0.2, -0.15) is 5.26 Å². The maximum atomic E-state index is 9.06. The lowest BCUT2D eigenvalue weighted by atomic mass is 10.1. The van der Waals surface area contributed by atoms with Gasteiger partial charge in [-0.25, -0.2) is 0 Å². The fourth-order valence-corrected chi connectivity index (χ4v) is 1.32. The van der Waals surface area contributed by atoms with Crippen molar-refractivity contribution in [3.8, 4) is 6.07 Å². The zero-order chi connectivity index (χ0) is 12.0. The number of pyridine rings is 1. The summed E-state index contributed by atoms with van der Waals surface area (Å²) >= 11 is 0. The summed E-state index contributed by atoms with van der Waals surface area (Å²) < 4.78 is 0. The van der Waals surface area contributed by atoms with Gasteiger partial charge in [0.05, 0.1) is 6.07 Å². The molecule has 0 saturated heterocycles. The molecule has 0 bridgehead atoms. The van der Waals surface area contributed by atoms with Crippen LogP contribution in [0.3, 0.4) is 0 Å². The molecule has 16 heavy (non-hydrogen) atoms. The van der Waals surface area contributed by atoms with Crippen molar-refractivity contribution in [1.29, 1.82) is 5.26 Å². The summed E-state index contributed by atoms with van der Waals surface area (Å²) in [6.07, 6.45) is 1.76. The summed E-state index contributed by atoms with van der Waals surface area (Å²) in [6.45, 7) is 3.64. The van der Waals surface area contributed by atoms with Crippen LogP contribution in [0, 0.1) is 18.3 Å². The second-order valence-corrected chi connectivity index (χ2v) is 4.05. The molecule has 0 aromatic carbocycles. The fraction of sp³-hybridized carbons (Fsp3) is 0.500. The van der Waals surface area contributed by atoms with Gasteiger partial charge in [0, 0.05) is 30.5 Å². The zero-order valence-corrected chi connectivity index (χ0v) is 10.1. The van der Waals surface area contributed by atoms with Crippen molar-refractivity contribution in [3.05, 3.63) is 29.6 Å². The Morgan fingerprint density at radius 2 is 2.25 bits per heavy atom. The highest BCUT2D eigenvalue weighted by Gasteiger charge is 2.09. The molecule has 1 N–H and O–H groups in total. The van der Waals surface area contributed by atoms with E-state index < -0.39 is 0 Å². The Kier molecular flexibility index (Phi) is 4.90. The number of aryl methyl sites for hydroxylation is 1. The minimum atomic E-state index is -0.270. The van der Waals surface area contributed by atoms with E-state index in [1.807, 2.05) is 33.2 Å². The predicted octanol–water partition coefficient (Wildman–Crippen LogP) is 1.11. The first-order valence-electron chi connectivity index (χ1n) is 5.34. The third kappa shape index (κ3) is 3.97. The Labute approximate surface area is 96.9 Å². The van der Waals surface area contributed by atoms with Crippen LogP contribution in [0.25, 0.3) is 0 Å². The second kappa shape index (κ2) is 6.21. The first-order valence-corrected chi connectivity index (χ1v) is 5.34. The summed E-state index contributed by atoms with van der Waals surface area (Å²) in [5, 5.41) is 12.3. The highest BCUT2D eigenvalue weighted by molar-refractivity contribution is 5.22. The van der Waals surface area contributed by atoms with E-state index in [1.165, 1.54) is 0 Å². The Hall–Kier alpha value is -1.44. The molecule has 4 heteroatoms. The number of hydrogen-bond acceptors (Lipinski definition) is 4. The zero-order valence-electron chi connectivity index (χ0n) is 10.1.